The Bertz CT molecular complexity index is 736. The van der Waals surface area contributed by atoms with Gasteiger partial charge in [0.2, 0.25) is 0 Å². The number of aliphatic hydroxyl groups is 2. The third-order valence-corrected chi connectivity index (χ3v) is 9.41. The number of rotatable bonds is 1. The zero-order chi connectivity index (χ0) is 24.6. The van der Waals surface area contributed by atoms with Gasteiger partial charge in [-0.05, 0) is 61.3 Å². The van der Waals surface area contributed by atoms with Crippen LogP contribution in [0, 0.1) is 34.0 Å². The molecule has 0 amide bonds. The number of carbonyl (C=O) groups excluding carboxylic acids is 2. The largest absolute Gasteiger partial charge is 0.458 e. The molecule has 7 atom stereocenters. The minimum atomic E-state index is -1.17. The Morgan fingerprint density at radius 1 is 1.09 bits per heavy atom. The lowest BCUT2D eigenvalue weighted by Crippen LogP contribution is -2.45. The molecule has 0 bridgehead atoms. The molecule has 0 aromatic heterocycles. The van der Waals surface area contributed by atoms with E-state index in [0.717, 1.165) is 31.3 Å². The number of hydrogen-bond acceptors (Lipinski definition) is 5. The molecule has 0 aromatic rings. The van der Waals surface area contributed by atoms with E-state index < -0.39 is 29.5 Å². The van der Waals surface area contributed by atoms with Gasteiger partial charge >= 0.3 is 5.97 Å². The topological polar surface area (TPSA) is 83.8 Å². The number of fused-ring (bicyclic) bond motifs is 1. The highest BCUT2D eigenvalue weighted by Gasteiger charge is 2.67. The van der Waals surface area contributed by atoms with Crippen molar-refractivity contribution in [3.63, 3.8) is 0 Å². The van der Waals surface area contributed by atoms with Gasteiger partial charge in [-0.1, -0.05) is 61.0 Å². The quantitative estimate of drug-likeness (QED) is 0.430. The van der Waals surface area contributed by atoms with Crippen LogP contribution < -0.4 is 0 Å². The van der Waals surface area contributed by atoms with Gasteiger partial charge in [0.05, 0.1) is 24.0 Å². The van der Waals surface area contributed by atoms with E-state index in [1.807, 2.05) is 26.8 Å². The van der Waals surface area contributed by atoms with E-state index in [9.17, 15) is 19.8 Å². The first kappa shape index (κ1) is 27.0. The maximum atomic E-state index is 13.2. The molecule has 2 aliphatic rings. The van der Waals surface area contributed by atoms with E-state index in [1.165, 1.54) is 0 Å². The minimum Gasteiger partial charge on any atom is -0.458 e. The predicted molar refractivity (Wildman–Crippen MR) is 127 cm³/mol. The van der Waals surface area contributed by atoms with Crippen molar-refractivity contribution < 1.29 is 24.5 Å². The molecule has 2 fully saturated rings. The highest BCUT2D eigenvalue weighted by Crippen LogP contribution is 2.72. The van der Waals surface area contributed by atoms with Crippen molar-refractivity contribution >= 4 is 11.8 Å². The molecule has 2 rings (SSSR count). The van der Waals surface area contributed by atoms with Crippen molar-refractivity contribution in [2.45, 2.75) is 113 Å². The zero-order valence-corrected chi connectivity index (χ0v) is 21.7. The molecule has 1 aliphatic heterocycles. The lowest BCUT2D eigenvalue weighted by atomic mass is 9.73. The van der Waals surface area contributed by atoms with E-state index in [0.29, 0.717) is 5.92 Å². The fourth-order valence-electron chi connectivity index (χ4n) is 5.96. The summed E-state index contributed by atoms with van der Waals surface area (Å²) in [5, 5.41) is 21.7. The molecule has 1 aliphatic carbocycles. The van der Waals surface area contributed by atoms with Crippen molar-refractivity contribution in [2.24, 2.45) is 34.0 Å². The summed E-state index contributed by atoms with van der Waals surface area (Å²) in [6, 6.07) is 0. The molecule has 1 heterocycles. The van der Waals surface area contributed by atoms with Gasteiger partial charge in [-0.3, -0.25) is 9.59 Å². The van der Waals surface area contributed by atoms with E-state index >= 15 is 0 Å². The van der Waals surface area contributed by atoms with Crippen LogP contribution in [0.3, 0.4) is 0 Å². The summed E-state index contributed by atoms with van der Waals surface area (Å²) in [4.78, 5) is 26.0. The second-order valence-corrected chi connectivity index (χ2v) is 11.9. The van der Waals surface area contributed by atoms with Gasteiger partial charge in [-0.25, -0.2) is 0 Å². The number of esters is 1. The second kappa shape index (κ2) is 9.58. The van der Waals surface area contributed by atoms with Gasteiger partial charge in [0.1, 0.15) is 11.9 Å². The van der Waals surface area contributed by atoms with Crippen LogP contribution in [0.2, 0.25) is 0 Å². The summed E-state index contributed by atoms with van der Waals surface area (Å²) in [5.41, 5.74) is 0.154. The first-order valence-electron chi connectivity index (χ1n) is 12.3. The van der Waals surface area contributed by atoms with Crippen LogP contribution in [0.15, 0.2) is 11.6 Å². The highest BCUT2D eigenvalue weighted by molar-refractivity contribution is 5.88. The Morgan fingerprint density at radius 2 is 1.69 bits per heavy atom. The molecule has 0 aromatic carbocycles. The average Bonchev–Trinajstić information content (AvgIpc) is 3.14. The summed E-state index contributed by atoms with van der Waals surface area (Å²) < 4.78 is 5.88. The molecule has 7 unspecified atom stereocenters. The molecule has 184 valence electrons. The van der Waals surface area contributed by atoms with Crippen LogP contribution in [0.5, 0.6) is 0 Å². The lowest BCUT2D eigenvalue weighted by Gasteiger charge is -2.34. The molecule has 0 radical (unpaired) electrons. The number of allylic oxidation sites excluding steroid dienone is 1. The van der Waals surface area contributed by atoms with Crippen LogP contribution in [0.1, 0.15) is 94.4 Å². The van der Waals surface area contributed by atoms with Crippen molar-refractivity contribution in [3.05, 3.63) is 11.6 Å². The SMILES string of the molecule is C/C=C(\C)C1CC2C(C)(C)C2(C)CCCC(C)C(O)C(C)C(=O)C(C)(C)C(O)CC(=O)O1. The summed E-state index contributed by atoms with van der Waals surface area (Å²) in [7, 11) is 0. The normalized spacial score (nSPS) is 41.5. The number of Topliss-reactive ketones (excluding diaryl/α,β-unsaturated/α-hetero) is 1. The molecule has 2 N–H and O–H groups in total. The summed E-state index contributed by atoms with van der Waals surface area (Å²) in [6.07, 6.45) is 3.12. The summed E-state index contributed by atoms with van der Waals surface area (Å²) in [5.74, 6) is -0.907. The van der Waals surface area contributed by atoms with Crippen LogP contribution in [-0.4, -0.2) is 40.3 Å². The fraction of sp³-hybridized carbons (Fsp3) is 0.852. The number of hydrogen-bond donors (Lipinski definition) is 2. The Labute approximate surface area is 195 Å². The molecule has 0 spiro atoms. The van der Waals surface area contributed by atoms with Gasteiger partial charge in [-0.2, -0.15) is 0 Å². The predicted octanol–water partition coefficient (Wildman–Crippen LogP) is 5.08. The Morgan fingerprint density at radius 3 is 2.25 bits per heavy atom. The smallest absolute Gasteiger partial charge is 0.309 e. The Hall–Kier alpha value is -1.20. The standard InChI is InChI=1S/C27H46O5/c1-10-16(2)19-14-20-26(7,8)27(20,9)13-11-12-17(3)23(30)18(4)24(31)25(5,6)21(28)15-22(29)32-19/h10,17-21,23,28,30H,11-15H2,1-9H3/b16-10+. The van der Waals surface area contributed by atoms with E-state index in [2.05, 4.69) is 20.8 Å². The number of aliphatic hydroxyl groups excluding tert-OH is 2. The summed E-state index contributed by atoms with van der Waals surface area (Å²) in [6.45, 7) is 17.9. The first-order valence-corrected chi connectivity index (χ1v) is 12.3. The van der Waals surface area contributed by atoms with Gasteiger partial charge in [0, 0.05) is 5.92 Å². The lowest BCUT2D eigenvalue weighted by molar-refractivity contribution is -0.154. The van der Waals surface area contributed by atoms with Crippen molar-refractivity contribution in [3.8, 4) is 0 Å². The third kappa shape index (κ3) is 4.99. The fourth-order valence-corrected chi connectivity index (χ4v) is 5.96. The number of cyclic esters (lactones) is 1. The van der Waals surface area contributed by atoms with Crippen molar-refractivity contribution in [1.82, 2.24) is 0 Å². The maximum Gasteiger partial charge on any atom is 0.309 e. The Kier molecular flexibility index (Phi) is 8.10. The zero-order valence-electron chi connectivity index (χ0n) is 21.7. The molecule has 5 nitrogen and oxygen atoms in total. The Balaban J connectivity index is 2.36. The number of ketones is 1. The average molecular weight is 451 g/mol. The van der Waals surface area contributed by atoms with Crippen LogP contribution in [0.4, 0.5) is 0 Å². The first-order chi connectivity index (χ1) is 14.6. The third-order valence-electron chi connectivity index (χ3n) is 9.41. The highest BCUT2D eigenvalue weighted by atomic mass is 16.5. The minimum absolute atomic E-state index is 0.0123. The molecular formula is C27H46O5. The number of carbonyl (C=O) groups is 2. The summed E-state index contributed by atoms with van der Waals surface area (Å²) >= 11 is 0. The van der Waals surface area contributed by atoms with Gasteiger partial charge < -0.3 is 14.9 Å². The second-order valence-electron chi connectivity index (χ2n) is 11.9. The van der Waals surface area contributed by atoms with Crippen LogP contribution >= 0.6 is 0 Å². The van der Waals surface area contributed by atoms with Crippen LogP contribution in [0.25, 0.3) is 0 Å². The van der Waals surface area contributed by atoms with E-state index in [1.54, 1.807) is 20.8 Å². The molecular weight excluding hydrogens is 404 g/mol. The van der Waals surface area contributed by atoms with Gasteiger partial charge in [0.25, 0.3) is 0 Å². The maximum absolute atomic E-state index is 13.2. The van der Waals surface area contributed by atoms with Gasteiger partial charge in [-0.15, -0.1) is 0 Å². The van der Waals surface area contributed by atoms with E-state index in [4.69, 9.17) is 4.74 Å². The monoisotopic (exact) mass is 450 g/mol. The molecule has 5 heteroatoms. The van der Waals surface area contributed by atoms with Crippen molar-refractivity contribution in [1.29, 1.82) is 0 Å². The molecule has 1 saturated heterocycles. The molecule has 1 saturated carbocycles. The van der Waals surface area contributed by atoms with Crippen molar-refractivity contribution in [2.75, 3.05) is 0 Å². The van der Waals surface area contributed by atoms with Gasteiger partial charge in [0.15, 0.2) is 0 Å². The van der Waals surface area contributed by atoms with Crippen LogP contribution in [-0.2, 0) is 14.3 Å². The molecule has 32 heavy (non-hydrogen) atoms. The number of ether oxygens (including phenoxy) is 1. The van der Waals surface area contributed by atoms with E-state index in [-0.39, 0.29) is 35.1 Å².